The van der Waals surface area contributed by atoms with Crippen LogP contribution in [0.1, 0.15) is 40.5 Å². The largest absolute Gasteiger partial charge is 0.497 e. The predicted octanol–water partition coefficient (Wildman–Crippen LogP) is 4.17. The number of rotatable bonds is 8. The molecular formula is C33H40N2O9. The Morgan fingerprint density at radius 3 is 2.30 bits per heavy atom. The first-order valence-corrected chi connectivity index (χ1v) is 14.9. The highest BCUT2D eigenvalue weighted by molar-refractivity contribution is 5.91. The molecule has 1 aromatic heterocycles. The van der Waals surface area contributed by atoms with Gasteiger partial charge in [0.1, 0.15) is 18.0 Å². The summed E-state index contributed by atoms with van der Waals surface area (Å²) in [7, 11) is 9.11. The molecule has 6 atom stereocenters. The van der Waals surface area contributed by atoms with Gasteiger partial charge in [-0.2, -0.15) is 0 Å². The molecule has 1 saturated carbocycles. The van der Waals surface area contributed by atoms with Gasteiger partial charge in [-0.05, 0) is 67.0 Å². The molecule has 0 unspecified atom stereocenters. The van der Waals surface area contributed by atoms with E-state index in [0.29, 0.717) is 23.7 Å². The molecule has 3 heterocycles. The molecule has 6 rings (SSSR count). The van der Waals surface area contributed by atoms with E-state index in [4.69, 9.17) is 33.2 Å². The molecule has 2 aromatic carbocycles. The number of piperidine rings is 1. The van der Waals surface area contributed by atoms with E-state index < -0.39 is 24.1 Å². The molecule has 236 valence electrons. The van der Waals surface area contributed by atoms with Gasteiger partial charge in [0, 0.05) is 36.8 Å². The van der Waals surface area contributed by atoms with Crippen LogP contribution in [0.5, 0.6) is 23.0 Å². The van der Waals surface area contributed by atoms with Crippen LogP contribution >= 0.6 is 0 Å². The van der Waals surface area contributed by atoms with Crippen LogP contribution in [0.15, 0.2) is 30.3 Å². The van der Waals surface area contributed by atoms with Crippen molar-refractivity contribution in [1.82, 2.24) is 9.88 Å². The Morgan fingerprint density at radius 1 is 0.909 bits per heavy atom. The van der Waals surface area contributed by atoms with Crippen molar-refractivity contribution in [3.05, 3.63) is 47.2 Å². The smallest absolute Gasteiger partial charge is 0.338 e. The Morgan fingerprint density at radius 2 is 1.66 bits per heavy atom. The van der Waals surface area contributed by atoms with Crippen molar-refractivity contribution < 1.29 is 42.7 Å². The zero-order valence-electron chi connectivity index (χ0n) is 26.0. The summed E-state index contributed by atoms with van der Waals surface area (Å²) in [5, 5.41) is 1.18. The Hall–Kier alpha value is -3.96. The molecule has 3 aromatic rings. The zero-order valence-corrected chi connectivity index (χ0v) is 26.0. The van der Waals surface area contributed by atoms with E-state index >= 15 is 0 Å². The molecule has 0 spiro atoms. The lowest BCUT2D eigenvalue weighted by atomic mass is 9.63. The summed E-state index contributed by atoms with van der Waals surface area (Å²) in [6, 6.07) is 9.37. The standard InChI is InChI=1S/C33H40N2O9/c1-38-19-7-8-23-22(14-19)20-9-10-35-16-18-13-27(44-32(36)17-11-25(39-2)30(41-4)26(12-17)40-3)31(42-5)28(33(37)43-6)21(18)15-24(35)29(20)34-23/h7-8,11-12,14,18,21,24,27-28,31,34H,9-10,13,15-16H2,1-6H3/t18-,21+,24+,27-,28+,31-/m0/s1. The van der Waals surface area contributed by atoms with E-state index in [0.717, 1.165) is 37.2 Å². The summed E-state index contributed by atoms with van der Waals surface area (Å²) in [4.78, 5) is 33.1. The highest BCUT2D eigenvalue weighted by atomic mass is 16.6. The van der Waals surface area contributed by atoms with Gasteiger partial charge in [-0.3, -0.25) is 9.69 Å². The van der Waals surface area contributed by atoms with Crippen LogP contribution in [0, 0.1) is 17.8 Å². The molecule has 1 N–H and O–H groups in total. The van der Waals surface area contributed by atoms with Gasteiger partial charge in [0.05, 0.1) is 53.1 Å². The van der Waals surface area contributed by atoms with Gasteiger partial charge in [-0.15, -0.1) is 0 Å². The first-order chi connectivity index (χ1) is 21.3. The maximum absolute atomic E-state index is 13.5. The minimum atomic E-state index is -0.670. The number of ether oxygens (including phenoxy) is 7. The SMILES string of the molecule is COC(=O)[C@@H]1[C@@H]2C[C@@H]3c4[nH]c5ccc(OC)cc5c4CCN3C[C@@H]2C[C@H](OC(=O)c2cc(OC)c(OC)c(OC)c2)[C@@H]1OC. The van der Waals surface area contributed by atoms with E-state index in [1.807, 2.05) is 6.07 Å². The number of nitrogens with zero attached hydrogens (tertiary/aromatic N) is 1. The van der Waals surface area contributed by atoms with E-state index in [9.17, 15) is 9.59 Å². The first kappa shape index (κ1) is 30.1. The molecule has 44 heavy (non-hydrogen) atoms. The number of H-pyrrole nitrogens is 1. The molecule has 1 saturated heterocycles. The van der Waals surface area contributed by atoms with E-state index in [2.05, 4.69) is 22.0 Å². The molecule has 0 amide bonds. The molecule has 2 fully saturated rings. The Labute approximate surface area is 256 Å². The summed E-state index contributed by atoms with van der Waals surface area (Å²) in [5.74, 6) is 0.463. The topological polar surface area (TPSA) is 118 Å². The number of aromatic amines is 1. The lowest BCUT2D eigenvalue weighted by molar-refractivity contribution is -0.176. The molecule has 11 nitrogen and oxygen atoms in total. The van der Waals surface area contributed by atoms with Gasteiger partial charge in [0.25, 0.3) is 0 Å². The quantitative estimate of drug-likeness (QED) is 0.374. The average molecular weight is 609 g/mol. The molecular weight excluding hydrogens is 568 g/mol. The van der Waals surface area contributed by atoms with Crippen molar-refractivity contribution in [3.63, 3.8) is 0 Å². The van der Waals surface area contributed by atoms with Crippen molar-refractivity contribution in [1.29, 1.82) is 0 Å². The number of esters is 2. The van der Waals surface area contributed by atoms with Crippen molar-refractivity contribution in [3.8, 4) is 23.0 Å². The van der Waals surface area contributed by atoms with Gasteiger partial charge >= 0.3 is 11.9 Å². The van der Waals surface area contributed by atoms with Crippen LogP contribution in [0.25, 0.3) is 10.9 Å². The highest BCUT2D eigenvalue weighted by Gasteiger charge is 2.54. The van der Waals surface area contributed by atoms with Crippen LogP contribution in [0.3, 0.4) is 0 Å². The number of hydrogen-bond acceptors (Lipinski definition) is 10. The lowest BCUT2D eigenvalue weighted by Gasteiger charge is -2.52. The number of carbonyl (C=O) groups excluding carboxylic acids is 2. The third-order valence-corrected chi connectivity index (χ3v) is 9.76. The molecule has 3 aliphatic rings. The number of aromatic nitrogens is 1. The molecule has 1 aliphatic carbocycles. The minimum absolute atomic E-state index is 0.0170. The predicted molar refractivity (Wildman–Crippen MR) is 161 cm³/mol. The minimum Gasteiger partial charge on any atom is -0.497 e. The number of fused-ring (bicyclic) bond motifs is 6. The van der Waals surface area contributed by atoms with Crippen molar-refractivity contribution in [2.45, 2.75) is 37.5 Å². The summed E-state index contributed by atoms with van der Waals surface area (Å²) in [5.41, 5.74) is 3.84. The second kappa shape index (κ2) is 12.2. The molecule has 0 radical (unpaired) electrons. The third-order valence-electron chi connectivity index (χ3n) is 9.76. The van der Waals surface area contributed by atoms with E-state index in [1.165, 1.54) is 45.1 Å². The lowest BCUT2D eigenvalue weighted by Crippen LogP contribution is -2.58. The summed E-state index contributed by atoms with van der Waals surface area (Å²) < 4.78 is 39.1. The monoisotopic (exact) mass is 608 g/mol. The maximum atomic E-state index is 13.5. The number of hydrogen-bond donors (Lipinski definition) is 1. The van der Waals surface area contributed by atoms with Gasteiger partial charge in [0.2, 0.25) is 5.75 Å². The van der Waals surface area contributed by atoms with Crippen LogP contribution in [0.4, 0.5) is 0 Å². The van der Waals surface area contributed by atoms with Crippen LogP contribution in [0.2, 0.25) is 0 Å². The van der Waals surface area contributed by atoms with Crippen LogP contribution in [-0.4, -0.2) is 89.8 Å². The zero-order chi connectivity index (χ0) is 31.1. The summed E-state index contributed by atoms with van der Waals surface area (Å²) in [6.45, 7) is 1.67. The van der Waals surface area contributed by atoms with Crippen molar-refractivity contribution in [2.24, 2.45) is 17.8 Å². The third kappa shape index (κ3) is 5.01. The van der Waals surface area contributed by atoms with Crippen LogP contribution in [-0.2, 0) is 25.4 Å². The number of methoxy groups -OCH3 is 6. The van der Waals surface area contributed by atoms with Gasteiger partial charge < -0.3 is 38.1 Å². The van der Waals surface area contributed by atoms with Crippen LogP contribution < -0.4 is 18.9 Å². The molecule has 11 heteroatoms. The number of benzene rings is 2. The fourth-order valence-corrected chi connectivity index (χ4v) is 7.75. The normalized spacial score (nSPS) is 26.1. The molecule has 0 bridgehead atoms. The second-order valence-electron chi connectivity index (χ2n) is 11.7. The second-order valence-corrected chi connectivity index (χ2v) is 11.7. The molecule has 2 aliphatic heterocycles. The van der Waals surface area contributed by atoms with Gasteiger partial charge in [-0.1, -0.05) is 0 Å². The first-order valence-electron chi connectivity index (χ1n) is 14.9. The van der Waals surface area contributed by atoms with E-state index in [1.54, 1.807) is 26.4 Å². The van der Waals surface area contributed by atoms with Crippen molar-refractivity contribution in [2.75, 3.05) is 55.7 Å². The fourth-order valence-electron chi connectivity index (χ4n) is 7.75. The Balaban J connectivity index is 1.29. The van der Waals surface area contributed by atoms with Crippen molar-refractivity contribution >= 4 is 22.8 Å². The summed E-state index contributed by atoms with van der Waals surface area (Å²) in [6.07, 6.45) is 0.907. The number of nitrogens with one attached hydrogen (secondary N) is 1. The fraction of sp³-hybridized carbons (Fsp3) is 0.515. The van der Waals surface area contributed by atoms with E-state index in [-0.39, 0.29) is 29.4 Å². The highest BCUT2D eigenvalue weighted by Crippen LogP contribution is 2.51. The summed E-state index contributed by atoms with van der Waals surface area (Å²) >= 11 is 0. The maximum Gasteiger partial charge on any atom is 0.338 e. The Kier molecular flexibility index (Phi) is 8.34. The van der Waals surface area contributed by atoms with Gasteiger partial charge in [0.15, 0.2) is 11.5 Å². The average Bonchev–Trinajstić information content (AvgIpc) is 3.43. The number of carbonyl (C=O) groups is 2. The Bertz CT molecular complexity index is 1530. The van der Waals surface area contributed by atoms with Gasteiger partial charge in [-0.25, -0.2) is 4.79 Å².